The van der Waals surface area contributed by atoms with Crippen LogP contribution in [-0.4, -0.2) is 36.2 Å². The molecule has 8 nitrogen and oxygen atoms in total. The summed E-state index contributed by atoms with van der Waals surface area (Å²) in [4.78, 5) is 32.3. The van der Waals surface area contributed by atoms with Crippen molar-refractivity contribution in [2.24, 2.45) is 0 Å². The molecule has 0 bridgehead atoms. The highest BCUT2D eigenvalue weighted by Gasteiger charge is 2.43. The Balaban J connectivity index is 0.796. The quantitative estimate of drug-likeness (QED) is 0.113. The molecular weight excluding hydrogens is 1220 g/mol. The zero-order valence-corrected chi connectivity index (χ0v) is 54.2. The number of anilines is 6. The summed E-state index contributed by atoms with van der Waals surface area (Å²) in [5, 5.41) is 2.24. The lowest BCUT2D eigenvalue weighted by atomic mass is 9.33. The molecule has 0 saturated heterocycles. The molecule has 0 aliphatic carbocycles. The van der Waals surface area contributed by atoms with Crippen molar-refractivity contribution < 1.29 is 0 Å². The summed E-state index contributed by atoms with van der Waals surface area (Å²) in [6.45, 7) is 0.0363. The summed E-state index contributed by atoms with van der Waals surface area (Å²) < 4.78 is 2.38. The number of fused-ring (bicyclic) bond motifs is 7. The number of hydrogen-bond acceptors (Lipinski definition) is 7. The van der Waals surface area contributed by atoms with Gasteiger partial charge in [-0.2, -0.15) is 0 Å². The lowest BCUT2D eigenvalue weighted by Crippen LogP contribution is -2.61. The van der Waals surface area contributed by atoms with Gasteiger partial charge in [-0.15, -0.1) is 0 Å². The fraction of sp³-hybridized carbons (Fsp3) is 0. The molecule has 0 saturated carbocycles. The van der Waals surface area contributed by atoms with E-state index in [0.29, 0.717) is 23.3 Å². The Kier molecular flexibility index (Phi) is 14.1. The molecule has 9 heteroatoms. The zero-order valence-electron chi connectivity index (χ0n) is 54.2. The molecule has 3 aromatic heterocycles. The van der Waals surface area contributed by atoms with E-state index in [4.69, 9.17) is 24.9 Å². The minimum Gasteiger partial charge on any atom is -0.311 e. The lowest BCUT2D eigenvalue weighted by molar-refractivity contribution is 1.06. The summed E-state index contributed by atoms with van der Waals surface area (Å²) in [5.74, 6) is 2.14. The van der Waals surface area contributed by atoms with E-state index < -0.39 is 0 Å². The minimum atomic E-state index is 0.0363. The predicted octanol–water partition coefficient (Wildman–Crippen LogP) is 20.8. The van der Waals surface area contributed by atoms with Crippen molar-refractivity contribution in [1.82, 2.24) is 29.5 Å². The largest absolute Gasteiger partial charge is 0.311 e. The maximum Gasteiger partial charge on any atom is 0.252 e. The molecule has 2 aliphatic rings. The second-order valence-corrected chi connectivity index (χ2v) is 25.5. The third-order valence-electron chi connectivity index (χ3n) is 19.6. The second kappa shape index (κ2) is 24.4. The molecule has 0 N–H and O–H groups in total. The van der Waals surface area contributed by atoms with Crippen molar-refractivity contribution >= 4 is 79.0 Å². The van der Waals surface area contributed by atoms with Crippen LogP contribution in [-0.2, 0) is 0 Å². The lowest BCUT2D eigenvalue weighted by Gasteiger charge is -2.44. The topological polar surface area (TPSA) is 75.9 Å². The third kappa shape index (κ3) is 10.1. The summed E-state index contributed by atoms with van der Waals surface area (Å²) >= 11 is 0. The van der Waals surface area contributed by atoms with Crippen molar-refractivity contribution in [3.05, 3.63) is 358 Å². The van der Waals surface area contributed by atoms with E-state index >= 15 is 0 Å². The Bertz CT molecular complexity index is 5830. The van der Waals surface area contributed by atoms with E-state index in [0.717, 1.165) is 128 Å². The van der Waals surface area contributed by atoms with E-state index in [1.165, 1.54) is 27.8 Å². The van der Waals surface area contributed by atoms with Crippen LogP contribution >= 0.6 is 0 Å². The number of aromatic nitrogens is 6. The van der Waals surface area contributed by atoms with E-state index in [-0.39, 0.29) is 6.71 Å². The Labute approximate surface area is 579 Å². The number of para-hydroxylation sites is 3. The molecule has 100 heavy (non-hydrogen) atoms. The molecule has 5 heterocycles. The Morgan fingerprint density at radius 3 is 1.17 bits per heavy atom. The van der Waals surface area contributed by atoms with Gasteiger partial charge in [-0.3, -0.25) is 0 Å². The molecule has 14 aromatic carbocycles. The zero-order chi connectivity index (χ0) is 66.0. The molecule has 19 rings (SSSR count). The fourth-order valence-corrected chi connectivity index (χ4v) is 15.0. The van der Waals surface area contributed by atoms with Gasteiger partial charge in [-0.05, 0) is 153 Å². The maximum absolute atomic E-state index is 5.66. The van der Waals surface area contributed by atoms with Gasteiger partial charge in [-0.25, -0.2) is 24.9 Å². The summed E-state index contributed by atoms with van der Waals surface area (Å²) in [6.07, 6.45) is 0. The average molecular weight is 1280 g/mol. The highest BCUT2D eigenvalue weighted by atomic mass is 15.2. The molecule has 466 valence electrons. The molecular formula is C91H59BN8. The smallest absolute Gasteiger partial charge is 0.252 e. The Hall–Kier alpha value is -13.4. The number of nitrogens with zero attached hydrogens (tertiary/aromatic N) is 8. The van der Waals surface area contributed by atoms with Gasteiger partial charge in [0.1, 0.15) is 0 Å². The van der Waals surface area contributed by atoms with Crippen molar-refractivity contribution in [2.75, 3.05) is 9.80 Å². The highest BCUT2D eigenvalue weighted by molar-refractivity contribution is 7.00. The molecule has 0 spiro atoms. The van der Waals surface area contributed by atoms with E-state index in [9.17, 15) is 0 Å². The van der Waals surface area contributed by atoms with Crippen LogP contribution in [0, 0.1) is 0 Å². The molecule has 0 radical (unpaired) electrons. The summed E-state index contributed by atoms with van der Waals surface area (Å²) in [7, 11) is 0. The van der Waals surface area contributed by atoms with E-state index in [1.54, 1.807) is 0 Å². The van der Waals surface area contributed by atoms with Crippen LogP contribution in [0.15, 0.2) is 358 Å². The van der Waals surface area contributed by atoms with E-state index in [2.05, 4.69) is 342 Å². The van der Waals surface area contributed by atoms with Crippen LogP contribution in [0.2, 0.25) is 0 Å². The average Bonchev–Trinajstić information content (AvgIpc) is 1.34. The van der Waals surface area contributed by atoms with Gasteiger partial charge in [0.05, 0.1) is 28.1 Å². The fourth-order valence-electron chi connectivity index (χ4n) is 15.0. The number of benzene rings is 14. The third-order valence-corrected chi connectivity index (χ3v) is 19.6. The summed E-state index contributed by atoms with van der Waals surface area (Å²) in [6, 6.07) is 127. The minimum absolute atomic E-state index is 0.0363. The van der Waals surface area contributed by atoms with Crippen molar-refractivity contribution in [1.29, 1.82) is 0 Å². The monoisotopic (exact) mass is 1270 g/mol. The first-order chi connectivity index (χ1) is 49.6. The standard InChI is InChI=1S/C91H59BN8/c1-7-26-60(27-8-1)67-48-51-80-73(56-67)74-57-68(61-28-9-2-10-29-61)49-52-81(74)100(80)82-53-50-70(89-93-78(62-30-11-3-12-31-62)59-79(94-89)63-32-13-4-14-33-63)58-75(82)91-96-88(64-34-15-5-16-35-64)95-90(97-91)69-38-23-36-65(54-69)66-37-24-41-72(55-66)99-84-45-22-20-43-77(84)92-76-42-19-21-44-83(76)98(71-39-17-6-18-40-71)85-46-25-47-86(99)87(85)92/h1-59H. The van der Waals surface area contributed by atoms with Crippen LogP contribution in [0.3, 0.4) is 0 Å². The SMILES string of the molecule is c1ccc(-c2ccc3c(c2)c2cc(-c4ccccc4)ccc2n3-c2ccc(-c3nc(-c4ccccc4)cc(-c4ccccc4)n3)cc2-c2nc(-c3ccccc3)nc(-c3cccc(-c4cccc(N5c6ccccc6B6c7ccccc7N(c7ccccc7)c7cccc5c76)c4)c3)n2)cc1. The van der Waals surface area contributed by atoms with Crippen molar-refractivity contribution in [3.8, 4) is 107 Å². The van der Waals surface area contributed by atoms with Gasteiger partial charge in [0, 0.05) is 78.3 Å². The maximum atomic E-state index is 5.66. The van der Waals surface area contributed by atoms with Gasteiger partial charge in [0.2, 0.25) is 0 Å². The van der Waals surface area contributed by atoms with E-state index in [1.807, 2.05) is 30.3 Å². The van der Waals surface area contributed by atoms with Crippen LogP contribution in [0.1, 0.15) is 0 Å². The second-order valence-electron chi connectivity index (χ2n) is 25.5. The normalized spacial score (nSPS) is 12.1. The Morgan fingerprint density at radius 2 is 0.600 bits per heavy atom. The van der Waals surface area contributed by atoms with Gasteiger partial charge in [0.15, 0.2) is 23.3 Å². The van der Waals surface area contributed by atoms with Crippen molar-refractivity contribution in [3.63, 3.8) is 0 Å². The molecule has 0 fully saturated rings. The summed E-state index contributed by atoms with van der Waals surface area (Å²) in [5.41, 5.74) is 27.2. The molecule has 0 amide bonds. The Morgan fingerprint density at radius 1 is 0.220 bits per heavy atom. The molecule has 17 aromatic rings. The first-order valence-electron chi connectivity index (χ1n) is 33.9. The van der Waals surface area contributed by atoms with Gasteiger partial charge in [-0.1, -0.05) is 255 Å². The van der Waals surface area contributed by atoms with Crippen LogP contribution in [0.4, 0.5) is 34.1 Å². The molecule has 0 unspecified atom stereocenters. The first kappa shape index (κ1) is 58.0. The van der Waals surface area contributed by atoms with Crippen LogP contribution in [0.5, 0.6) is 0 Å². The van der Waals surface area contributed by atoms with Gasteiger partial charge in [0.25, 0.3) is 6.71 Å². The van der Waals surface area contributed by atoms with Crippen LogP contribution < -0.4 is 26.2 Å². The first-order valence-corrected chi connectivity index (χ1v) is 33.9. The van der Waals surface area contributed by atoms with Gasteiger partial charge >= 0.3 is 0 Å². The number of rotatable bonds is 12. The highest BCUT2D eigenvalue weighted by Crippen LogP contribution is 2.46. The molecule has 0 atom stereocenters. The van der Waals surface area contributed by atoms with Crippen molar-refractivity contribution in [2.45, 2.75) is 0 Å². The number of hydrogen-bond donors (Lipinski definition) is 0. The van der Waals surface area contributed by atoms with Gasteiger partial charge < -0.3 is 14.4 Å². The van der Waals surface area contributed by atoms with Crippen LogP contribution in [0.25, 0.3) is 129 Å². The molecule has 2 aliphatic heterocycles. The predicted molar refractivity (Wildman–Crippen MR) is 413 cm³/mol.